The number of carbonyl (C=O) groups is 1. The van der Waals surface area contributed by atoms with Crippen molar-refractivity contribution in [2.24, 2.45) is 0 Å². The van der Waals surface area contributed by atoms with Gasteiger partial charge in [-0.2, -0.15) is 0 Å². The van der Waals surface area contributed by atoms with Crippen LogP contribution in [-0.2, 0) is 24.6 Å². The van der Waals surface area contributed by atoms with E-state index in [2.05, 4.69) is 19.1 Å². The van der Waals surface area contributed by atoms with Crippen molar-refractivity contribution in [2.75, 3.05) is 0 Å². The molecule has 0 spiro atoms. The predicted molar refractivity (Wildman–Crippen MR) is 87.8 cm³/mol. The third-order valence-electron chi connectivity index (χ3n) is 3.65. The number of allylic oxidation sites excluding steroid dienone is 2. The molecule has 1 N–H and O–H groups in total. The number of rotatable bonds is 15. The molecule has 0 atom stereocenters. The van der Waals surface area contributed by atoms with Gasteiger partial charge in [0.25, 0.3) is 0 Å². The fourth-order valence-electron chi connectivity index (χ4n) is 2.35. The molecule has 0 aromatic heterocycles. The van der Waals surface area contributed by atoms with Gasteiger partial charge in [-0.15, -0.1) is 0 Å². The van der Waals surface area contributed by atoms with Crippen molar-refractivity contribution in [1.29, 1.82) is 0 Å². The van der Waals surface area contributed by atoms with Gasteiger partial charge in [0, 0.05) is 6.42 Å². The van der Waals surface area contributed by atoms with Crippen LogP contribution in [0.2, 0.25) is 0 Å². The summed E-state index contributed by atoms with van der Waals surface area (Å²) in [6.45, 7) is 2.26. The van der Waals surface area contributed by atoms with E-state index >= 15 is 0 Å². The number of unbranched alkanes of at least 4 members (excludes halogenated alkanes) is 11. The Labute approximate surface area is 145 Å². The van der Waals surface area contributed by atoms with Crippen molar-refractivity contribution >= 4 is 5.97 Å². The van der Waals surface area contributed by atoms with E-state index in [0.717, 1.165) is 12.8 Å². The Hall–Kier alpha value is -0.471. The standard InChI is InChI=1S/C18H34O2.Fe.O/c1-2-3-4-5-6-7-8-9-10-11-12-13-14-15-16-17-18(19)20;;/h9-10H,2-8,11-17H2,1H3,(H,19,20);;/b10-9-;;. The molecule has 0 aliphatic heterocycles. The van der Waals surface area contributed by atoms with Crippen molar-refractivity contribution in [3.8, 4) is 0 Å². The number of carboxylic acids is 1. The number of hydrogen-bond donors (Lipinski definition) is 1. The molecule has 0 saturated heterocycles. The van der Waals surface area contributed by atoms with E-state index < -0.39 is 5.97 Å². The number of aliphatic carboxylic acids is 1. The summed E-state index contributed by atoms with van der Waals surface area (Å²) in [5.74, 6) is -0.664. The Kier molecular flexibility index (Phi) is 24.7. The normalized spacial score (nSPS) is 10.5. The summed E-state index contributed by atoms with van der Waals surface area (Å²) in [5, 5.41) is 8.51. The average Bonchev–Trinajstić information content (AvgIpc) is 2.53. The van der Waals surface area contributed by atoms with Crippen LogP contribution in [0.3, 0.4) is 0 Å². The van der Waals surface area contributed by atoms with Crippen molar-refractivity contribution in [3.05, 3.63) is 12.2 Å². The summed E-state index contributed by atoms with van der Waals surface area (Å²) in [5.41, 5.74) is 0. The SMILES string of the molecule is CCCCCCCC/C=C\CCCCCCCC(=O)O.[O]=[Fe]. The summed E-state index contributed by atoms with van der Waals surface area (Å²) in [7, 11) is 0. The zero-order chi connectivity index (χ0) is 16.9. The predicted octanol–water partition coefficient (Wildman–Crippen LogP) is 5.99. The molecule has 0 amide bonds. The molecule has 132 valence electrons. The first-order valence-corrected chi connectivity index (χ1v) is 9.23. The van der Waals surface area contributed by atoms with Crippen LogP contribution in [0.25, 0.3) is 0 Å². The van der Waals surface area contributed by atoms with Crippen LogP contribution in [0.1, 0.15) is 96.8 Å². The van der Waals surface area contributed by atoms with Crippen LogP contribution < -0.4 is 0 Å². The van der Waals surface area contributed by atoms with Gasteiger partial charge in [-0.05, 0) is 32.1 Å². The van der Waals surface area contributed by atoms with Gasteiger partial charge in [0.15, 0.2) is 0 Å². The van der Waals surface area contributed by atoms with E-state index in [0.29, 0.717) is 6.42 Å². The van der Waals surface area contributed by atoms with E-state index in [1.165, 1.54) is 70.6 Å². The molecule has 22 heavy (non-hydrogen) atoms. The third kappa shape index (κ3) is 24.5. The zero-order valence-corrected chi connectivity index (χ0v) is 15.3. The van der Waals surface area contributed by atoms with Gasteiger partial charge in [-0.25, -0.2) is 0 Å². The topological polar surface area (TPSA) is 54.4 Å². The van der Waals surface area contributed by atoms with E-state index in [4.69, 9.17) is 8.94 Å². The first kappa shape index (κ1) is 23.8. The molecule has 0 fully saturated rings. The maximum atomic E-state index is 10.3. The molecule has 0 saturated carbocycles. The van der Waals surface area contributed by atoms with Crippen molar-refractivity contribution in [3.63, 3.8) is 0 Å². The first-order chi connectivity index (χ1) is 10.8. The van der Waals surface area contributed by atoms with Gasteiger partial charge in [0.05, 0.1) is 0 Å². The minimum absolute atomic E-state index is 0.332. The molecule has 0 aliphatic carbocycles. The molecule has 0 aliphatic rings. The monoisotopic (exact) mass is 354 g/mol. The van der Waals surface area contributed by atoms with Crippen LogP contribution in [0.15, 0.2) is 12.2 Å². The third-order valence-corrected chi connectivity index (χ3v) is 3.65. The number of carboxylic acid groups (broad SMARTS) is 1. The molecule has 0 bridgehead atoms. The zero-order valence-electron chi connectivity index (χ0n) is 14.2. The fraction of sp³-hybridized carbons (Fsp3) is 0.833. The summed E-state index contributed by atoms with van der Waals surface area (Å²) < 4.78 is 8.00. The molecule has 4 heteroatoms. The van der Waals surface area contributed by atoms with Crippen LogP contribution in [0.5, 0.6) is 0 Å². The van der Waals surface area contributed by atoms with Gasteiger partial charge in [0.1, 0.15) is 0 Å². The van der Waals surface area contributed by atoms with Gasteiger partial charge in [-0.3, -0.25) is 4.79 Å². The Morgan fingerprint density at radius 3 is 1.64 bits per heavy atom. The maximum absolute atomic E-state index is 10.3. The van der Waals surface area contributed by atoms with Gasteiger partial charge >= 0.3 is 25.7 Å². The van der Waals surface area contributed by atoms with Crippen molar-refractivity contribution < 1.29 is 29.7 Å². The Bertz CT molecular complexity index is 255. The van der Waals surface area contributed by atoms with Crippen molar-refractivity contribution in [2.45, 2.75) is 96.8 Å². The average molecular weight is 354 g/mol. The first-order valence-electron chi connectivity index (χ1n) is 8.78. The molecule has 0 rings (SSSR count). The van der Waals surface area contributed by atoms with Gasteiger partial charge in [-0.1, -0.05) is 70.4 Å². The van der Waals surface area contributed by atoms with Crippen LogP contribution in [-0.4, -0.2) is 11.1 Å². The Morgan fingerprint density at radius 2 is 1.18 bits per heavy atom. The summed E-state index contributed by atoms with van der Waals surface area (Å²) >= 11 is 2.00. The second-order valence-corrected chi connectivity index (χ2v) is 5.73. The van der Waals surface area contributed by atoms with Crippen LogP contribution in [0.4, 0.5) is 0 Å². The van der Waals surface area contributed by atoms with Crippen LogP contribution >= 0.6 is 0 Å². The molecule has 0 radical (unpaired) electrons. The van der Waals surface area contributed by atoms with Crippen LogP contribution in [0, 0.1) is 0 Å². The fourth-order valence-corrected chi connectivity index (χ4v) is 2.35. The Morgan fingerprint density at radius 1 is 0.773 bits per heavy atom. The molecule has 0 unspecified atom stereocenters. The summed E-state index contributed by atoms with van der Waals surface area (Å²) in [6.07, 6.45) is 21.2. The summed E-state index contributed by atoms with van der Waals surface area (Å²) in [6, 6.07) is 0. The second kappa shape index (κ2) is 22.8. The van der Waals surface area contributed by atoms with E-state index in [9.17, 15) is 4.79 Å². The molecule has 0 aromatic carbocycles. The molecular weight excluding hydrogens is 320 g/mol. The second-order valence-electron chi connectivity index (χ2n) is 5.73. The van der Waals surface area contributed by atoms with Crippen molar-refractivity contribution in [1.82, 2.24) is 0 Å². The number of hydrogen-bond acceptors (Lipinski definition) is 2. The van der Waals surface area contributed by atoms with E-state index in [1.54, 1.807) is 0 Å². The molecule has 0 aromatic rings. The van der Waals surface area contributed by atoms with Gasteiger partial charge in [0.2, 0.25) is 0 Å². The molecular formula is C18H34FeO3. The summed E-state index contributed by atoms with van der Waals surface area (Å²) in [4.78, 5) is 10.3. The Balaban J connectivity index is 0. The van der Waals surface area contributed by atoms with Gasteiger partial charge < -0.3 is 5.11 Å². The quantitative estimate of drug-likeness (QED) is 0.223. The molecule has 3 nitrogen and oxygen atoms in total. The molecule has 0 heterocycles. The van der Waals surface area contributed by atoms with E-state index in [-0.39, 0.29) is 0 Å². The minimum atomic E-state index is -0.664. The van der Waals surface area contributed by atoms with E-state index in [1.807, 2.05) is 15.9 Å².